The molecule has 1 heterocycles. The van der Waals surface area contributed by atoms with Crippen molar-refractivity contribution in [3.05, 3.63) is 71.8 Å². The van der Waals surface area contributed by atoms with Crippen molar-refractivity contribution in [1.29, 1.82) is 0 Å². The lowest BCUT2D eigenvalue weighted by Gasteiger charge is -2.35. The molecule has 3 rings (SSSR count). The van der Waals surface area contributed by atoms with Gasteiger partial charge in [-0.3, -0.25) is 0 Å². The number of nitrogens with zero attached hydrogens (tertiary/aromatic N) is 2. The number of aliphatic hydroxyl groups excluding tert-OH is 1. The number of carbonyl (C=O) groups is 1. The van der Waals surface area contributed by atoms with Gasteiger partial charge in [-0.25, -0.2) is 4.79 Å². The number of benzene rings is 2. The number of carbonyl (C=O) groups excluding carboxylic acids is 1. The highest BCUT2D eigenvalue weighted by Gasteiger charge is 2.34. The molecule has 2 N–H and O–H groups in total. The maximum atomic E-state index is 13.4. The smallest absolute Gasteiger partial charge is 0.407 e. The number of rotatable bonds is 12. The predicted octanol–water partition coefficient (Wildman–Crippen LogP) is 3.57. The van der Waals surface area contributed by atoms with Gasteiger partial charge in [-0.1, -0.05) is 80.9 Å². The molecule has 0 spiro atoms. The van der Waals surface area contributed by atoms with Crippen LogP contribution in [0, 0.1) is 5.92 Å². The summed E-state index contributed by atoms with van der Waals surface area (Å²) in [6, 6.07) is 18.1. The number of alkyl carbamates (subject to hydrolysis) is 1. The predicted molar refractivity (Wildman–Crippen MR) is 140 cm³/mol. The van der Waals surface area contributed by atoms with Crippen LogP contribution in [0.2, 0.25) is 0 Å². The molecule has 1 aliphatic rings. The number of piperidine rings is 1. The minimum Gasteiger partial charge on any atom is -0.445 e. The van der Waals surface area contributed by atoms with E-state index >= 15 is 0 Å². The van der Waals surface area contributed by atoms with Crippen LogP contribution in [0.4, 0.5) is 4.79 Å². The molecule has 2 atom stereocenters. The van der Waals surface area contributed by atoms with Gasteiger partial charge in [0.05, 0.1) is 12.1 Å². The minimum atomic E-state index is -3.73. The van der Waals surface area contributed by atoms with Crippen LogP contribution in [-0.4, -0.2) is 66.6 Å². The van der Waals surface area contributed by atoms with Crippen LogP contribution >= 0.6 is 0 Å². The summed E-state index contributed by atoms with van der Waals surface area (Å²) in [6.45, 7) is 5.15. The van der Waals surface area contributed by atoms with E-state index in [1.165, 1.54) is 8.61 Å². The van der Waals surface area contributed by atoms with Crippen LogP contribution in [0.15, 0.2) is 60.7 Å². The highest BCUT2D eigenvalue weighted by Crippen LogP contribution is 2.19. The third-order valence-electron chi connectivity index (χ3n) is 6.21. The van der Waals surface area contributed by atoms with E-state index in [1.54, 1.807) is 0 Å². The second-order valence-electron chi connectivity index (χ2n) is 9.75. The Hall–Kier alpha value is -2.46. The van der Waals surface area contributed by atoms with Crippen LogP contribution < -0.4 is 5.32 Å². The van der Waals surface area contributed by atoms with Gasteiger partial charge in [0.2, 0.25) is 0 Å². The normalized spacial score (nSPS) is 16.6. The first-order chi connectivity index (χ1) is 17.3. The molecule has 1 saturated heterocycles. The van der Waals surface area contributed by atoms with Gasteiger partial charge in [0.1, 0.15) is 6.61 Å². The lowest BCUT2D eigenvalue weighted by atomic mass is 10.0. The first-order valence-corrected chi connectivity index (χ1v) is 14.1. The van der Waals surface area contributed by atoms with Crippen LogP contribution in [0.5, 0.6) is 0 Å². The van der Waals surface area contributed by atoms with E-state index in [2.05, 4.69) is 5.32 Å². The molecular weight excluding hydrogens is 478 g/mol. The molecule has 1 amide bonds. The number of hydrogen-bond acceptors (Lipinski definition) is 5. The first kappa shape index (κ1) is 28.1. The van der Waals surface area contributed by atoms with Crippen LogP contribution in [0.25, 0.3) is 0 Å². The maximum absolute atomic E-state index is 13.4. The molecule has 1 fully saturated rings. The first-order valence-electron chi connectivity index (χ1n) is 12.7. The van der Waals surface area contributed by atoms with Gasteiger partial charge in [-0.05, 0) is 36.3 Å². The zero-order valence-electron chi connectivity index (χ0n) is 21.3. The van der Waals surface area contributed by atoms with E-state index in [9.17, 15) is 18.3 Å². The van der Waals surface area contributed by atoms with Crippen molar-refractivity contribution in [1.82, 2.24) is 13.9 Å². The van der Waals surface area contributed by atoms with Crippen LogP contribution in [-0.2, 0) is 28.0 Å². The number of aliphatic hydroxyl groups is 1. The Morgan fingerprint density at radius 1 is 0.972 bits per heavy atom. The van der Waals surface area contributed by atoms with Gasteiger partial charge in [0, 0.05) is 26.2 Å². The molecule has 1 aliphatic heterocycles. The van der Waals surface area contributed by atoms with Crippen molar-refractivity contribution in [2.75, 3.05) is 26.2 Å². The molecule has 198 valence electrons. The fourth-order valence-corrected chi connectivity index (χ4v) is 6.21. The third kappa shape index (κ3) is 8.58. The maximum Gasteiger partial charge on any atom is 0.407 e. The monoisotopic (exact) mass is 517 g/mol. The molecule has 0 radical (unpaired) electrons. The number of ether oxygens (including phenoxy) is 1. The molecule has 0 saturated carbocycles. The van der Waals surface area contributed by atoms with Crippen molar-refractivity contribution in [2.24, 2.45) is 5.92 Å². The summed E-state index contributed by atoms with van der Waals surface area (Å²) in [5.41, 5.74) is 1.77. The number of nitrogens with one attached hydrogen (secondary N) is 1. The van der Waals surface area contributed by atoms with Crippen molar-refractivity contribution in [2.45, 2.75) is 58.3 Å². The lowest BCUT2D eigenvalue weighted by Crippen LogP contribution is -2.54. The van der Waals surface area contributed by atoms with Crippen molar-refractivity contribution >= 4 is 16.3 Å². The zero-order valence-corrected chi connectivity index (χ0v) is 22.1. The standard InChI is InChI=1S/C27H39N3O5S/c1-22(2)19-30(36(33,34)29-16-10-5-11-17-29)20-26(31)25(18-23-12-6-3-7-13-23)28-27(32)35-21-24-14-8-4-9-15-24/h3-4,6-9,12-15,22,25-26,31H,5,10-11,16-21H2,1-2H3,(H,28,32)/t25-,26+/m0/s1. The molecule has 0 aliphatic carbocycles. The van der Waals surface area contributed by atoms with Crippen LogP contribution in [0.3, 0.4) is 0 Å². The average Bonchev–Trinajstić information content (AvgIpc) is 2.88. The summed E-state index contributed by atoms with van der Waals surface area (Å²) in [6.07, 6.45) is 1.24. The molecule has 2 aromatic rings. The second kappa shape index (κ2) is 13.7. The summed E-state index contributed by atoms with van der Waals surface area (Å²) in [4.78, 5) is 12.6. The molecule has 0 unspecified atom stereocenters. The summed E-state index contributed by atoms with van der Waals surface area (Å²) in [5, 5.41) is 14.0. The summed E-state index contributed by atoms with van der Waals surface area (Å²) >= 11 is 0. The molecule has 2 aromatic carbocycles. The van der Waals surface area contributed by atoms with Gasteiger partial charge >= 0.3 is 6.09 Å². The van der Waals surface area contributed by atoms with Crippen molar-refractivity contribution < 1.29 is 23.1 Å². The average molecular weight is 518 g/mol. The highest BCUT2D eigenvalue weighted by molar-refractivity contribution is 7.86. The lowest BCUT2D eigenvalue weighted by molar-refractivity contribution is 0.0857. The molecule has 36 heavy (non-hydrogen) atoms. The fraction of sp³-hybridized carbons (Fsp3) is 0.519. The molecule has 9 heteroatoms. The molecule has 0 bridgehead atoms. The Balaban J connectivity index is 1.73. The summed E-state index contributed by atoms with van der Waals surface area (Å²) in [5.74, 6) is 0.0770. The Bertz CT molecular complexity index is 1030. The summed E-state index contributed by atoms with van der Waals surface area (Å²) in [7, 11) is -3.73. The van der Waals surface area contributed by atoms with E-state index in [1.807, 2.05) is 74.5 Å². The topological polar surface area (TPSA) is 99.2 Å². The van der Waals surface area contributed by atoms with Gasteiger partial charge in [-0.2, -0.15) is 17.0 Å². The van der Waals surface area contributed by atoms with E-state index in [4.69, 9.17) is 4.74 Å². The Morgan fingerprint density at radius 2 is 1.56 bits per heavy atom. The quantitative estimate of drug-likeness (QED) is 0.448. The van der Waals surface area contributed by atoms with Gasteiger partial charge < -0.3 is 15.2 Å². The van der Waals surface area contributed by atoms with Crippen molar-refractivity contribution in [3.63, 3.8) is 0 Å². The Morgan fingerprint density at radius 3 is 2.14 bits per heavy atom. The SMILES string of the molecule is CC(C)CN(C[C@@H](O)[C@H](Cc1ccccc1)NC(=O)OCc1ccccc1)S(=O)(=O)N1CCCCC1. The van der Waals surface area contributed by atoms with Gasteiger partial charge in [-0.15, -0.1) is 0 Å². The Kier molecular flexibility index (Phi) is 10.7. The number of hydrogen-bond donors (Lipinski definition) is 2. The molecule has 0 aromatic heterocycles. The largest absolute Gasteiger partial charge is 0.445 e. The van der Waals surface area contributed by atoms with E-state index in [0.29, 0.717) is 19.5 Å². The zero-order chi connectivity index (χ0) is 26.0. The van der Waals surface area contributed by atoms with Gasteiger partial charge in [0.15, 0.2) is 0 Å². The van der Waals surface area contributed by atoms with E-state index < -0.39 is 28.4 Å². The molecule has 8 nitrogen and oxygen atoms in total. The fourth-order valence-electron chi connectivity index (χ4n) is 4.33. The summed E-state index contributed by atoms with van der Waals surface area (Å²) < 4.78 is 35.2. The van der Waals surface area contributed by atoms with E-state index in [0.717, 1.165) is 30.4 Å². The third-order valence-corrected chi connectivity index (χ3v) is 8.17. The Labute approximate surface area is 215 Å². The second-order valence-corrected chi connectivity index (χ2v) is 11.7. The van der Waals surface area contributed by atoms with Gasteiger partial charge in [0.25, 0.3) is 10.2 Å². The van der Waals surface area contributed by atoms with Crippen molar-refractivity contribution in [3.8, 4) is 0 Å². The highest BCUT2D eigenvalue weighted by atomic mass is 32.2. The minimum absolute atomic E-state index is 0.0770. The van der Waals surface area contributed by atoms with E-state index in [-0.39, 0.29) is 25.6 Å². The van der Waals surface area contributed by atoms with Crippen LogP contribution in [0.1, 0.15) is 44.2 Å². The number of amides is 1. The molecular formula is C27H39N3O5S.